The predicted octanol–water partition coefficient (Wildman–Crippen LogP) is 2.06. The number of aromatic amines is 1. The van der Waals surface area contributed by atoms with E-state index in [4.69, 9.17) is 18.0 Å². The maximum atomic E-state index is 5.76. The summed E-state index contributed by atoms with van der Waals surface area (Å²) in [6.07, 6.45) is 1.76. The van der Waals surface area contributed by atoms with Crippen molar-refractivity contribution in [3.8, 4) is 5.69 Å². The van der Waals surface area contributed by atoms with Gasteiger partial charge in [0.25, 0.3) is 0 Å². The van der Waals surface area contributed by atoms with Crippen molar-refractivity contribution in [2.24, 2.45) is 0 Å². The number of rotatable bonds is 1. The number of anilines is 1. The van der Waals surface area contributed by atoms with E-state index in [1.165, 1.54) is 0 Å². The minimum atomic E-state index is 0.346. The van der Waals surface area contributed by atoms with Gasteiger partial charge in [-0.3, -0.25) is 9.55 Å². The Morgan fingerprint density at radius 3 is 2.94 bits per heavy atom. The van der Waals surface area contributed by atoms with Crippen LogP contribution in [0.3, 0.4) is 0 Å². The van der Waals surface area contributed by atoms with Gasteiger partial charge in [-0.25, -0.2) is 5.10 Å². The van der Waals surface area contributed by atoms with Gasteiger partial charge >= 0.3 is 0 Å². The monoisotopic (exact) mass is 243 g/mol. The van der Waals surface area contributed by atoms with Crippen LogP contribution in [-0.4, -0.2) is 19.7 Å². The summed E-state index contributed by atoms with van der Waals surface area (Å²) in [6.45, 7) is 0. The number of nitrogens with zero attached hydrogens (tertiary/aromatic N) is 3. The van der Waals surface area contributed by atoms with Crippen LogP contribution in [-0.2, 0) is 0 Å². The van der Waals surface area contributed by atoms with Gasteiger partial charge in [0.15, 0.2) is 0 Å². The second-order valence-corrected chi connectivity index (χ2v) is 3.99. The lowest BCUT2D eigenvalue weighted by molar-refractivity contribution is 1.04. The highest BCUT2D eigenvalue weighted by Gasteiger charge is 2.05. The van der Waals surface area contributed by atoms with Crippen molar-refractivity contribution < 1.29 is 0 Å². The summed E-state index contributed by atoms with van der Waals surface area (Å²) in [5.74, 6) is 0.346. The number of benzene rings is 1. The molecule has 3 rings (SSSR count). The maximum absolute atomic E-state index is 5.76. The molecule has 0 unspecified atom stereocenters. The Kier molecular flexibility index (Phi) is 2.15. The minimum Gasteiger partial charge on any atom is -0.368 e. The molecule has 1 aromatic carbocycles. The quantitative estimate of drug-likeness (QED) is 0.642. The first kappa shape index (κ1) is 9.98. The molecule has 0 saturated heterocycles. The van der Waals surface area contributed by atoms with Crippen molar-refractivity contribution in [2.45, 2.75) is 0 Å². The van der Waals surface area contributed by atoms with Crippen LogP contribution in [0.4, 0.5) is 5.95 Å². The van der Waals surface area contributed by atoms with Gasteiger partial charge in [-0.15, -0.1) is 5.10 Å². The second-order valence-electron chi connectivity index (χ2n) is 3.60. The van der Waals surface area contributed by atoms with Gasteiger partial charge in [-0.2, -0.15) is 0 Å². The Labute approximate surface area is 102 Å². The summed E-state index contributed by atoms with van der Waals surface area (Å²) in [7, 11) is 0. The molecule has 5 nitrogen and oxygen atoms in total. The van der Waals surface area contributed by atoms with Crippen LogP contribution >= 0.6 is 12.2 Å². The van der Waals surface area contributed by atoms with Gasteiger partial charge in [-0.05, 0) is 36.5 Å². The topological polar surface area (TPSA) is 72.5 Å². The van der Waals surface area contributed by atoms with Gasteiger partial charge in [0.2, 0.25) is 10.7 Å². The van der Waals surface area contributed by atoms with E-state index in [0.29, 0.717) is 10.7 Å². The number of nitrogens with two attached hydrogens (primary N) is 1. The Morgan fingerprint density at radius 2 is 2.18 bits per heavy atom. The van der Waals surface area contributed by atoms with Gasteiger partial charge in [0.1, 0.15) is 0 Å². The first-order valence-electron chi connectivity index (χ1n) is 5.04. The van der Waals surface area contributed by atoms with E-state index in [9.17, 15) is 0 Å². The Morgan fingerprint density at radius 1 is 1.29 bits per heavy atom. The number of nitrogens with one attached hydrogen (secondary N) is 1. The summed E-state index contributed by atoms with van der Waals surface area (Å²) in [5, 5.41) is 7.57. The van der Waals surface area contributed by atoms with Crippen molar-refractivity contribution in [2.75, 3.05) is 5.73 Å². The lowest BCUT2D eigenvalue weighted by atomic mass is 10.2. The van der Waals surface area contributed by atoms with Crippen molar-refractivity contribution >= 4 is 29.1 Å². The smallest absolute Gasteiger partial charge is 0.225 e. The first-order chi connectivity index (χ1) is 8.25. The minimum absolute atomic E-state index is 0.346. The zero-order valence-corrected chi connectivity index (χ0v) is 9.61. The zero-order valence-electron chi connectivity index (χ0n) is 8.79. The molecular weight excluding hydrogens is 234 g/mol. The largest absolute Gasteiger partial charge is 0.368 e. The Hall–Kier alpha value is -2.21. The molecule has 0 aliphatic carbocycles. The molecule has 0 aliphatic rings. The highest BCUT2D eigenvalue weighted by Crippen LogP contribution is 2.18. The highest BCUT2D eigenvalue weighted by atomic mass is 32.1. The predicted molar refractivity (Wildman–Crippen MR) is 68.5 cm³/mol. The molecule has 0 radical (unpaired) electrons. The SMILES string of the molecule is Nc1n[nH]c(=S)n1-c1ccc2ncccc2c1. The molecule has 17 heavy (non-hydrogen) atoms. The second kappa shape index (κ2) is 3.67. The fourth-order valence-electron chi connectivity index (χ4n) is 1.76. The summed E-state index contributed by atoms with van der Waals surface area (Å²) >= 11 is 5.13. The first-order valence-corrected chi connectivity index (χ1v) is 5.44. The van der Waals surface area contributed by atoms with E-state index in [1.807, 2.05) is 30.3 Å². The van der Waals surface area contributed by atoms with Crippen molar-refractivity contribution in [1.82, 2.24) is 19.7 Å². The number of nitrogen functional groups attached to an aromatic ring is 1. The van der Waals surface area contributed by atoms with E-state index in [-0.39, 0.29) is 0 Å². The molecule has 0 fully saturated rings. The van der Waals surface area contributed by atoms with E-state index in [0.717, 1.165) is 16.6 Å². The summed E-state index contributed by atoms with van der Waals surface area (Å²) in [6, 6.07) is 9.70. The standard InChI is InChI=1S/C11H9N5S/c12-10-14-15-11(17)16(10)8-3-4-9-7(6-8)2-1-5-13-9/h1-6H,(H2,12,14)(H,15,17). The molecule has 0 saturated carbocycles. The van der Waals surface area contributed by atoms with Crippen LogP contribution in [0, 0.1) is 4.77 Å². The number of aromatic nitrogens is 4. The van der Waals surface area contributed by atoms with Crippen LogP contribution in [0.1, 0.15) is 0 Å². The third-order valence-electron chi connectivity index (χ3n) is 2.54. The summed E-state index contributed by atoms with van der Waals surface area (Å²) in [4.78, 5) is 4.26. The maximum Gasteiger partial charge on any atom is 0.225 e. The van der Waals surface area contributed by atoms with Gasteiger partial charge in [0, 0.05) is 11.6 Å². The average Bonchev–Trinajstić information content (AvgIpc) is 2.68. The molecule has 2 heterocycles. The molecule has 3 N–H and O–H groups in total. The van der Waals surface area contributed by atoms with Crippen molar-refractivity contribution in [1.29, 1.82) is 0 Å². The highest BCUT2D eigenvalue weighted by molar-refractivity contribution is 7.71. The summed E-state index contributed by atoms with van der Waals surface area (Å²) in [5.41, 5.74) is 7.57. The third kappa shape index (κ3) is 1.58. The van der Waals surface area contributed by atoms with Crippen LogP contribution < -0.4 is 5.73 Å². The van der Waals surface area contributed by atoms with E-state index >= 15 is 0 Å². The van der Waals surface area contributed by atoms with Crippen LogP contribution in [0.25, 0.3) is 16.6 Å². The van der Waals surface area contributed by atoms with Crippen LogP contribution in [0.2, 0.25) is 0 Å². The molecule has 0 bridgehead atoms. The number of pyridine rings is 1. The fourth-order valence-corrected chi connectivity index (χ4v) is 2.01. The molecule has 84 valence electrons. The Balaban J connectivity index is 2.29. The molecule has 0 amide bonds. The number of H-pyrrole nitrogens is 1. The molecule has 3 aromatic rings. The normalized spacial score (nSPS) is 10.8. The fraction of sp³-hybridized carbons (Fsp3) is 0. The van der Waals surface area contributed by atoms with Crippen LogP contribution in [0.15, 0.2) is 36.5 Å². The van der Waals surface area contributed by atoms with Gasteiger partial charge < -0.3 is 5.73 Å². The number of hydrogen-bond acceptors (Lipinski definition) is 4. The zero-order chi connectivity index (χ0) is 11.8. The molecule has 6 heteroatoms. The number of fused-ring (bicyclic) bond motifs is 1. The average molecular weight is 243 g/mol. The molecule has 0 spiro atoms. The molecular formula is C11H9N5S. The van der Waals surface area contributed by atoms with Crippen molar-refractivity contribution in [3.05, 3.63) is 41.3 Å². The van der Waals surface area contributed by atoms with Crippen molar-refractivity contribution in [3.63, 3.8) is 0 Å². The van der Waals surface area contributed by atoms with Crippen LogP contribution in [0.5, 0.6) is 0 Å². The lowest BCUT2D eigenvalue weighted by Gasteiger charge is -2.04. The van der Waals surface area contributed by atoms with E-state index < -0.39 is 0 Å². The van der Waals surface area contributed by atoms with Gasteiger partial charge in [-0.1, -0.05) is 6.07 Å². The summed E-state index contributed by atoms with van der Waals surface area (Å²) < 4.78 is 2.16. The molecule has 0 aliphatic heterocycles. The number of hydrogen-bond donors (Lipinski definition) is 2. The van der Waals surface area contributed by atoms with E-state index in [2.05, 4.69) is 15.2 Å². The van der Waals surface area contributed by atoms with E-state index in [1.54, 1.807) is 10.8 Å². The molecule has 0 atom stereocenters. The van der Waals surface area contributed by atoms with Gasteiger partial charge in [0.05, 0.1) is 11.2 Å². The lowest BCUT2D eigenvalue weighted by Crippen LogP contribution is -2.00. The molecule has 2 aromatic heterocycles. The Bertz CT molecular complexity index is 743. The third-order valence-corrected chi connectivity index (χ3v) is 2.82.